The third-order valence-electron chi connectivity index (χ3n) is 4.14. The first-order valence-corrected chi connectivity index (χ1v) is 8.67. The lowest BCUT2D eigenvalue weighted by Crippen LogP contribution is -2.29. The highest BCUT2D eigenvalue weighted by atomic mass is 32.2. The maximum atomic E-state index is 11.8. The van der Waals surface area contributed by atoms with Gasteiger partial charge in [-0.3, -0.25) is 4.79 Å². The Labute approximate surface area is 142 Å². The van der Waals surface area contributed by atoms with Crippen LogP contribution in [0.25, 0.3) is 0 Å². The molecule has 0 radical (unpaired) electrons. The number of carbonyl (C=O) groups is 1. The number of Topliss-reactive ketones (excluding diaryl/α,β-unsaturated/α-hetero) is 1. The molecule has 1 atom stereocenters. The van der Waals surface area contributed by atoms with Crippen molar-refractivity contribution in [3.8, 4) is 0 Å². The fraction of sp³-hybridized carbons (Fsp3) is 0.250. The van der Waals surface area contributed by atoms with Crippen molar-refractivity contribution in [3.05, 3.63) is 77.4 Å². The molecule has 0 N–H and O–H groups in total. The molecule has 0 bridgehead atoms. The van der Waals surface area contributed by atoms with Crippen molar-refractivity contribution in [1.82, 2.24) is 4.31 Å². The molecule has 23 heavy (non-hydrogen) atoms. The predicted octanol–water partition coefficient (Wildman–Crippen LogP) is 4.96. The van der Waals surface area contributed by atoms with Gasteiger partial charge in [0.2, 0.25) is 0 Å². The van der Waals surface area contributed by atoms with E-state index in [-0.39, 0.29) is 5.78 Å². The van der Waals surface area contributed by atoms with E-state index < -0.39 is 0 Å². The molecule has 1 heterocycles. The molecule has 1 aliphatic heterocycles. The average Bonchev–Trinajstić information content (AvgIpc) is 2.57. The normalized spacial score (nSPS) is 18.5. The SMILES string of the molecule is CC(=O)C1=CCC(c2ccccc2)N(Sc2ccc(C)cc2)C1. The zero-order valence-electron chi connectivity index (χ0n) is 13.5. The second kappa shape index (κ2) is 7.16. The monoisotopic (exact) mass is 323 g/mol. The van der Waals surface area contributed by atoms with Crippen LogP contribution < -0.4 is 0 Å². The van der Waals surface area contributed by atoms with E-state index in [1.54, 1.807) is 18.9 Å². The summed E-state index contributed by atoms with van der Waals surface area (Å²) in [6.07, 6.45) is 2.98. The summed E-state index contributed by atoms with van der Waals surface area (Å²) in [7, 11) is 0. The summed E-state index contributed by atoms with van der Waals surface area (Å²) in [5.41, 5.74) is 3.47. The Morgan fingerprint density at radius 2 is 1.78 bits per heavy atom. The Hall–Kier alpha value is -1.84. The first kappa shape index (κ1) is 16.0. The van der Waals surface area contributed by atoms with E-state index in [2.05, 4.69) is 65.8 Å². The van der Waals surface area contributed by atoms with Gasteiger partial charge >= 0.3 is 0 Å². The third-order valence-corrected chi connectivity index (χ3v) is 5.24. The Balaban J connectivity index is 1.87. The molecule has 2 aromatic carbocycles. The van der Waals surface area contributed by atoms with Gasteiger partial charge in [-0.1, -0.05) is 54.1 Å². The molecule has 3 rings (SSSR count). The Morgan fingerprint density at radius 3 is 2.43 bits per heavy atom. The van der Waals surface area contributed by atoms with Crippen LogP contribution in [0.3, 0.4) is 0 Å². The Bertz CT molecular complexity index is 706. The molecule has 1 aliphatic rings. The molecule has 0 saturated carbocycles. The van der Waals surface area contributed by atoms with Crippen LogP contribution in [-0.2, 0) is 4.79 Å². The van der Waals surface area contributed by atoms with Crippen molar-refractivity contribution < 1.29 is 4.79 Å². The van der Waals surface area contributed by atoms with E-state index in [0.717, 1.165) is 12.0 Å². The quantitative estimate of drug-likeness (QED) is 0.741. The van der Waals surface area contributed by atoms with Gasteiger partial charge in [0.15, 0.2) is 5.78 Å². The molecule has 0 aromatic heterocycles. The zero-order chi connectivity index (χ0) is 16.2. The van der Waals surface area contributed by atoms with Gasteiger partial charge < -0.3 is 0 Å². The van der Waals surface area contributed by atoms with Crippen molar-refractivity contribution in [3.63, 3.8) is 0 Å². The van der Waals surface area contributed by atoms with E-state index in [4.69, 9.17) is 0 Å². The first-order chi connectivity index (χ1) is 11.1. The number of ketones is 1. The second-order valence-corrected chi connectivity index (χ2v) is 7.05. The topological polar surface area (TPSA) is 20.3 Å². The van der Waals surface area contributed by atoms with Crippen LogP contribution in [0.5, 0.6) is 0 Å². The fourth-order valence-corrected chi connectivity index (χ4v) is 3.84. The van der Waals surface area contributed by atoms with Crippen LogP contribution in [0.2, 0.25) is 0 Å². The average molecular weight is 323 g/mol. The second-order valence-electron chi connectivity index (χ2n) is 5.93. The van der Waals surface area contributed by atoms with Gasteiger partial charge in [0, 0.05) is 23.1 Å². The van der Waals surface area contributed by atoms with Crippen molar-refractivity contribution in [2.24, 2.45) is 0 Å². The van der Waals surface area contributed by atoms with Crippen molar-refractivity contribution >= 4 is 17.7 Å². The zero-order valence-corrected chi connectivity index (χ0v) is 14.3. The molecule has 118 valence electrons. The number of hydrogen-bond donors (Lipinski definition) is 0. The molecule has 1 unspecified atom stereocenters. The van der Waals surface area contributed by atoms with Gasteiger partial charge in [-0.05, 0) is 49.9 Å². The van der Waals surface area contributed by atoms with E-state index >= 15 is 0 Å². The molecular formula is C20H21NOS. The maximum absolute atomic E-state index is 11.8. The number of rotatable bonds is 4. The summed E-state index contributed by atoms with van der Waals surface area (Å²) < 4.78 is 2.33. The predicted molar refractivity (Wildman–Crippen MR) is 96.3 cm³/mol. The van der Waals surface area contributed by atoms with Crippen LogP contribution in [0.4, 0.5) is 0 Å². The molecule has 3 heteroatoms. The van der Waals surface area contributed by atoms with E-state index in [1.807, 2.05) is 6.07 Å². The maximum Gasteiger partial charge on any atom is 0.156 e. The highest BCUT2D eigenvalue weighted by Gasteiger charge is 2.26. The minimum atomic E-state index is 0.172. The van der Waals surface area contributed by atoms with Crippen molar-refractivity contribution in [1.29, 1.82) is 0 Å². The van der Waals surface area contributed by atoms with Crippen molar-refractivity contribution in [2.45, 2.75) is 31.2 Å². The lowest BCUT2D eigenvalue weighted by atomic mass is 9.97. The number of benzene rings is 2. The van der Waals surface area contributed by atoms with Crippen molar-refractivity contribution in [2.75, 3.05) is 6.54 Å². The minimum absolute atomic E-state index is 0.172. The van der Waals surface area contributed by atoms with Gasteiger partial charge in [0.05, 0.1) is 0 Å². The summed E-state index contributed by atoms with van der Waals surface area (Å²) in [6.45, 7) is 4.44. The van der Waals surface area contributed by atoms with Gasteiger partial charge in [-0.15, -0.1) is 0 Å². The molecule has 0 fully saturated rings. The number of nitrogens with zero attached hydrogens (tertiary/aromatic N) is 1. The standard InChI is InChI=1S/C20H21NOS/c1-15-8-11-19(12-9-15)23-21-14-18(16(2)22)10-13-20(21)17-6-4-3-5-7-17/h3-12,20H,13-14H2,1-2H3. The van der Waals surface area contributed by atoms with Gasteiger partial charge in [0.1, 0.15) is 0 Å². The molecule has 2 aromatic rings. The van der Waals surface area contributed by atoms with Crippen LogP contribution in [0.1, 0.15) is 30.5 Å². The summed E-state index contributed by atoms with van der Waals surface area (Å²) >= 11 is 1.74. The van der Waals surface area contributed by atoms with E-state index in [9.17, 15) is 4.79 Å². The molecule has 0 aliphatic carbocycles. The number of aryl methyl sites for hydroxylation is 1. The van der Waals surface area contributed by atoms with Crippen LogP contribution in [0.15, 0.2) is 71.1 Å². The minimum Gasteiger partial charge on any atom is -0.295 e. The largest absolute Gasteiger partial charge is 0.295 e. The highest BCUT2D eigenvalue weighted by molar-refractivity contribution is 7.97. The summed E-state index contributed by atoms with van der Waals surface area (Å²) in [5.74, 6) is 0.172. The fourth-order valence-electron chi connectivity index (χ4n) is 2.78. The van der Waals surface area contributed by atoms with Crippen LogP contribution >= 0.6 is 11.9 Å². The smallest absolute Gasteiger partial charge is 0.156 e. The van der Waals surface area contributed by atoms with Crippen LogP contribution in [0, 0.1) is 6.92 Å². The Kier molecular flexibility index (Phi) is 4.99. The molecule has 0 amide bonds. The van der Waals surface area contributed by atoms with E-state index in [1.165, 1.54) is 16.0 Å². The van der Waals surface area contributed by atoms with Gasteiger partial charge in [-0.25, -0.2) is 4.31 Å². The summed E-state index contributed by atoms with van der Waals surface area (Å²) in [6, 6.07) is 19.4. The summed E-state index contributed by atoms with van der Waals surface area (Å²) in [5, 5.41) is 0. The summed E-state index contributed by atoms with van der Waals surface area (Å²) in [4.78, 5) is 13.0. The van der Waals surface area contributed by atoms with Gasteiger partial charge in [0.25, 0.3) is 0 Å². The van der Waals surface area contributed by atoms with Gasteiger partial charge in [-0.2, -0.15) is 0 Å². The lowest BCUT2D eigenvalue weighted by Gasteiger charge is -2.34. The number of hydrogen-bond acceptors (Lipinski definition) is 3. The molecule has 0 saturated heterocycles. The first-order valence-electron chi connectivity index (χ1n) is 7.89. The lowest BCUT2D eigenvalue weighted by molar-refractivity contribution is -0.113. The molecule has 0 spiro atoms. The number of carbonyl (C=O) groups excluding carboxylic acids is 1. The highest BCUT2D eigenvalue weighted by Crippen LogP contribution is 2.38. The molecule has 2 nitrogen and oxygen atoms in total. The third kappa shape index (κ3) is 3.92. The van der Waals surface area contributed by atoms with E-state index in [0.29, 0.717) is 12.6 Å². The van der Waals surface area contributed by atoms with Crippen LogP contribution in [-0.4, -0.2) is 16.6 Å². The Morgan fingerprint density at radius 1 is 1.09 bits per heavy atom. The molecular weight excluding hydrogens is 302 g/mol.